The molecule has 1 aliphatic carbocycles. The van der Waals surface area contributed by atoms with Crippen LogP contribution in [0.5, 0.6) is 0 Å². The second-order valence-electron chi connectivity index (χ2n) is 5.39. The Morgan fingerprint density at radius 2 is 1.95 bits per heavy atom. The first-order valence-electron chi connectivity index (χ1n) is 7.18. The molecule has 1 aromatic rings. The lowest BCUT2D eigenvalue weighted by atomic mass is 9.99. The molecule has 0 bridgehead atoms. The predicted octanol–water partition coefficient (Wildman–Crippen LogP) is 2.87. The van der Waals surface area contributed by atoms with E-state index in [2.05, 4.69) is 5.32 Å². The number of nitrogens with one attached hydrogen (secondary N) is 1. The van der Waals surface area contributed by atoms with Gasteiger partial charge in [-0.3, -0.25) is 4.79 Å². The van der Waals surface area contributed by atoms with E-state index in [-0.39, 0.29) is 23.9 Å². The predicted molar refractivity (Wildman–Crippen MR) is 73.4 cm³/mol. The number of aromatic carboxylic acids is 1. The van der Waals surface area contributed by atoms with Gasteiger partial charge in [0.15, 0.2) is 0 Å². The minimum absolute atomic E-state index is 0.0535. The van der Waals surface area contributed by atoms with E-state index in [0.717, 1.165) is 25.7 Å². The molecule has 5 heteroatoms. The summed E-state index contributed by atoms with van der Waals surface area (Å²) >= 11 is 0. The van der Waals surface area contributed by atoms with Crippen LogP contribution >= 0.6 is 0 Å². The summed E-state index contributed by atoms with van der Waals surface area (Å²) in [5.41, 5.74) is 0.156. The van der Waals surface area contributed by atoms with Gasteiger partial charge in [0.25, 0.3) is 0 Å². The highest BCUT2D eigenvalue weighted by atomic mass is 16.4. The molecule has 2 N–H and O–H groups in total. The van der Waals surface area contributed by atoms with Crippen LogP contribution in [-0.2, 0) is 11.3 Å². The zero-order chi connectivity index (χ0) is 14.5. The van der Waals surface area contributed by atoms with Crippen LogP contribution < -0.4 is 5.32 Å². The van der Waals surface area contributed by atoms with E-state index in [1.54, 1.807) is 6.92 Å². The molecule has 0 aliphatic heterocycles. The molecular weight excluding hydrogens is 258 g/mol. The molecule has 1 aromatic heterocycles. The molecule has 1 amide bonds. The lowest BCUT2D eigenvalue weighted by molar-refractivity contribution is -0.125. The minimum atomic E-state index is -1.01. The van der Waals surface area contributed by atoms with Crippen molar-refractivity contribution in [1.29, 1.82) is 0 Å². The molecule has 110 valence electrons. The lowest BCUT2D eigenvalue weighted by Crippen LogP contribution is -2.29. The van der Waals surface area contributed by atoms with Gasteiger partial charge in [0.1, 0.15) is 17.1 Å². The van der Waals surface area contributed by atoms with Crippen molar-refractivity contribution in [1.82, 2.24) is 5.32 Å². The third-order valence-corrected chi connectivity index (χ3v) is 3.86. The van der Waals surface area contributed by atoms with Crippen molar-refractivity contribution in [3.63, 3.8) is 0 Å². The number of carboxylic acids is 1. The molecule has 2 rings (SSSR count). The highest BCUT2D eigenvalue weighted by molar-refractivity contribution is 5.88. The second kappa shape index (κ2) is 6.59. The van der Waals surface area contributed by atoms with Crippen molar-refractivity contribution in [2.24, 2.45) is 5.92 Å². The maximum absolute atomic E-state index is 12.1. The molecular formula is C15H21NO4. The molecule has 1 aliphatic rings. The van der Waals surface area contributed by atoms with E-state index in [1.165, 1.54) is 18.9 Å². The van der Waals surface area contributed by atoms with Gasteiger partial charge in [-0.25, -0.2) is 4.79 Å². The molecule has 0 saturated heterocycles. The maximum atomic E-state index is 12.1. The van der Waals surface area contributed by atoms with Crippen molar-refractivity contribution in [3.05, 3.63) is 23.2 Å². The van der Waals surface area contributed by atoms with Crippen LogP contribution in [0.3, 0.4) is 0 Å². The van der Waals surface area contributed by atoms with Crippen molar-refractivity contribution >= 4 is 11.9 Å². The fraction of sp³-hybridized carbons (Fsp3) is 0.600. The average Bonchev–Trinajstić information content (AvgIpc) is 2.64. The van der Waals surface area contributed by atoms with Crippen molar-refractivity contribution in [2.75, 3.05) is 0 Å². The van der Waals surface area contributed by atoms with Crippen LogP contribution in [0.4, 0.5) is 0 Å². The van der Waals surface area contributed by atoms with Gasteiger partial charge in [0.05, 0.1) is 6.54 Å². The Kier molecular flexibility index (Phi) is 4.82. The highest BCUT2D eigenvalue weighted by Gasteiger charge is 2.20. The molecule has 0 atom stereocenters. The first-order valence-corrected chi connectivity index (χ1v) is 7.18. The fourth-order valence-corrected chi connectivity index (χ4v) is 2.70. The van der Waals surface area contributed by atoms with Crippen molar-refractivity contribution < 1.29 is 19.1 Å². The molecule has 0 aromatic carbocycles. The Morgan fingerprint density at radius 3 is 2.50 bits per heavy atom. The van der Waals surface area contributed by atoms with Gasteiger partial charge < -0.3 is 14.8 Å². The quantitative estimate of drug-likeness (QED) is 0.830. The number of hydrogen-bond acceptors (Lipinski definition) is 3. The number of carbonyl (C=O) groups is 2. The van der Waals surface area contributed by atoms with Crippen molar-refractivity contribution in [3.8, 4) is 0 Å². The SMILES string of the molecule is Cc1oc(CNC(=O)C2CCCCCC2)cc1C(=O)O. The van der Waals surface area contributed by atoms with E-state index in [1.807, 2.05) is 0 Å². The van der Waals surface area contributed by atoms with Crippen LogP contribution in [0, 0.1) is 12.8 Å². The Hall–Kier alpha value is -1.78. The molecule has 5 nitrogen and oxygen atoms in total. The summed E-state index contributed by atoms with van der Waals surface area (Å²) in [5, 5.41) is 11.8. The molecule has 1 heterocycles. The van der Waals surface area contributed by atoms with Crippen molar-refractivity contribution in [2.45, 2.75) is 52.0 Å². The average molecular weight is 279 g/mol. The number of carbonyl (C=O) groups excluding carboxylic acids is 1. The summed E-state index contributed by atoms with van der Waals surface area (Å²) < 4.78 is 5.34. The Labute approximate surface area is 118 Å². The third-order valence-electron chi connectivity index (χ3n) is 3.86. The van der Waals surface area contributed by atoms with Crippen LogP contribution in [0.25, 0.3) is 0 Å². The van der Waals surface area contributed by atoms with E-state index in [9.17, 15) is 9.59 Å². The van der Waals surface area contributed by atoms with Crippen LogP contribution in [0.2, 0.25) is 0 Å². The molecule has 20 heavy (non-hydrogen) atoms. The van der Waals surface area contributed by atoms with E-state index in [0.29, 0.717) is 11.5 Å². The first kappa shape index (κ1) is 14.6. The topological polar surface area (TPSA) is 79.5 Å². The number of carboxylic acid groups (broad SMARTS) is 1. The number of hydrogen-bond donors (Lipinski definition) is 2. The normalized spacial score (nSPS) is 16.6. The lowest BCUT2D eigenvalue weighted by Gasteiger charge is -2.13. The van der Waals surface area contributed by atoms with Gasteiger partial charge >= 0.3 is 5.97 Å². The van der Waals surface area contributed by atoms with Crippen LogP contribution in [0.1, 0.15) is 60.4 Å². The highest BCUT2D eigenvalue weighted by Crippen LogP contribution is 2.23. The van der Waals surface area contributed by atoms with Gasteiger partial charge in [-0.2, -0.15) is 0 Å². The molecule has 0 radical (unpaired) electrons. The summed E-state index contributed by atoms with van der Waals surface area (Å²) in [5.74, 6) is -0.00369. The molecule has 1 saturated carbocycles. The van der Waals surface area contributed by atoms with Gasteiger partial charge in [-0.1, -0.05) is 25.7 Å². The minimum Gasteiger partial charge on any atom is -0.478 e. The zero-order valence-corrected chi connectivity index (χ0v) is 11.8. The van der Waals surface area contributed by atoms with Gasteiger partial charge in [0, 0.05) is 5.92 Å². The molecule has 0 unspecified atom stereocenters. The first-order chi connectivity index (χ1) is 9.58. The number of aryl methyl sites for hydroxylation is 1. The van der Waals surface area contributed by atoms with Gasteiger partial charge in [-0.15, -0.1) is 0 Å². The summed E-state index contributed by atoms with van der Waals surface area (Å²) in [6, 6.07) is 1.48. The fourth-order valence-electron chi connectivity index (χ4n) is 2.70. The monoisotopic (exact) mass is 279 g/mol. The van der Waals surface area contributed by atoms with E-state index >= 15 is 0 Å². The maximum Gasteiger partial charge on any atom is 0.339 e. The number of rotatable bonds is 4. The summed E-state index contributed by atoms with van der Waals surface area (Å²) in [6.45, 7) is 1.86. The summed E-state index contributed by atoms with van der Waals surface area (Å²) in [4.78, 5) is 23.0. The Bertz CT molecular complexity index is 484. The Morgan fingerprint density at radius 1 is 1.30 bits per heavy atom. The van der Waals surface area contributed by atoms with Gasteiger partial charge in [-0.05, 0) is 25.8 Å². The van der Waals surface area contributed by atoms with E-state index < -0.39 is 5.97 Å². The third kappa shape index (κ3) is 3.62. The summed E-state index contributed by atoms with van der Waals surface area (Å²) in [6.07, 6.45) is 6.54. The second-order valence-corrected chi connectivity index (χ2v) is 5.39. The van der Waals surface area contributed by atoms with Gasteiger partial charge in [0.2, 0.25) is 5.91 Å². The standard InChI is InChI=1S/C15H21NO4/c1-10-13(15(18)19)8-12(20-10)9-16-14(17)11-6-4-2-3-5-7-11/h8,11H,2-7,9H2,1H3,(H,16,17)(H,18,19). The number of furan rings is 1. The molecule has 0 spiro atoms. The summed E-state index contributed by atoms with van der Waals surface area (Å²) in [7, 11) is 0. The smallest absolute Gasteiger partial charge is 0.339 e. The van der Waals surface area contributed by atoms with Crippen LogP contribution in [0.15, 0.2) is 10.5 Å². The van der Waals surface area contributed by atoms with E-state index in [4.69, 9.17) is 9.52 Å². The largest absolute Gasteiger partial charge is 0.478 e. The zero-order valence-electron chi connectivity index (χ0n) is 11.8. The molecule has 1 fully saturated rings. The number of amides is 1. The Balaban J connectivity index is 1.89. The van der Waals surface area contributed by atoms with Crippen LogP contribution in [-0.4, -0.2) is 17.0 Å².